The minimum atomic E-state index is -0.911. The van der Waals surface area contributed by atoms with E-state index in [0.717, 1.165) is 0 Å². The summed E-state index contributed by atoms with van der Waals surface area (Å²) in [7, 11) is 0. The maximum Gasteiger partial charge on any atom is 0.452 e. The first-order valence-corrected chi connectivity index (χ1v) is 5.52. The zero-order chi connectivity index (χ0) is 13.4. The molecule has 0 spiro atoms. The summed E-state index contributed by atoms with van der Waals surface area (Å²) in [5.74, 6) is 0. The van der Waals surface area contributed by atoms with Crippen molar-refractivity contribution in [1.82, 2.24) is 15.5 Å². The lowest BCUT2D eigenvalue weighted by atomic mass is 10.5. The molecule has 2 N–H and O–H groups in total. The fourth-order valence-corrected chi connectivity index (χ4v) is 1.30. The fourth-order valence-electron chi connectivity index (χ4n) is 1.30. The molecule has 9 nitrogen and oxygen atoms in total. The second kappa shape index (κ2) is 7.20. The number of amides is 5. The second-order valence-corrected chi connectivity index (χ2v) is 3.35. The number of azo groups is 1. The number of rotatable bonds is 4. The van der Waals surface area contributed by atoms with Crippen LogP contribution >= 0.6 is 0 Å². The monoisotopic (exact) mass is 257 g/mol. The van der Waals surface area contributed by atoms with E-state index in [-0.39, 0.29) is 19.2 Å². The number of nitrogens with one attached hydrogen (secondary N) is 2. The van der Waals surface area contributed by atoms with Gasteiger partial charge >= 0.3 is 18.2 Å². The van der Waals surface area contributed by atoms with Crippen LogP contribution in [-0.2, 0) is 4.74 Å². The molecule has 0 aliphatic carbocycles. The number of urea groups is 2. The van der Waals surface area contributed by atoms with Gasteiger partial charge in [0.2, 0.25) is 0 Å². The Labute approximate surface area is 104 Å². The van der Waals surface area contributed by atoms with Crippen LogP contribution in [0.4, 0.5) is 14.4 Å². The first kappa shape index (κ1) is 13.9. The van der Waals surface area contributed by atoms with E-state index < -0.39 is 12.1 Å². The van der Waals surface area contributed by atoms with Gasteiger partial charge in [-0.3, -0.25) is 0 Å². The Morgan fingerprint density at radius 2 is 2.28 bits per heavy atom. The minimum Gasteiger partial charge on any atom is -0.447 e. The van der Waals surface area contributed by atoms with Crippen molar-refractivity contribution in [2.75, 3.05) is 32.8 Å². The van der Waals surface area contributed by atoms with Gasteiger partial charge in [0, 0.05) is 26.2 Å². The lowest BCUT2D eigenvalue weighted by Crippen LogP contribution is -2.35. The molecular weight excluding hydrogens is 242 g/mol. The van der Waals surface area contributed by atoms with Gasteiger partial charge in [0.25, 0.3) is 0 Å². The van der Waals surface area contributed by atoms with Crippen LogP contribution in [0.2, 0.25) is 0 Å². The van der Waals surface area contributed by atoms with Crippen molar-refractivity contribution >= 4 is 18.2 Å². The molecule has 0 atom stereocenters. The van der Waals surface area contributed by atoms with Gasteiger partial charge in [0.15, 0.2) is 0 Å². The van der Waals surface area contributed by atoms with Crippen LogP contribution in [0, 0.1) is 0 Å². The lowest BCUT2D eigenvalue weighted by Gasteiger charge is -2.13. The van der Waals surface area contributed by atoms with Gasteiger partial charge in [0.1, 0.15) is 0 Å². The first-order chi connectivity index (χ1) is 8.63. The third kappa shape index (κ3) is 4.76. The van der Waals surface area contributed by atoms with Crippen molar-refractivity contribution in [3.63, 3.8) is 0 Å². The maximum absolute atomic E-state index is 11.1. The highest BCUT2D eigenvalue weighted by Crippen LogP contribution is 1.94. The van der Waals surface area contributed by atoms with Crippen LogP contribution in [0.5, 0.6) is 0 Å². The number of carbonyl (C=O) groups is 3. The van der Waals surface area contributed by atoms with Gasteiger partial charge in [-0.05, 0) is 6.92 Å². The summed E-state index contributed by atoms with van der Waals surface area (Å²) in [6.07, 6.45) is -0.911. The van der Waals surface area contributed by atoms with Crippen molar-refractivity contribution in [2.24, 2.45) is 10.2 Å². The van der Waals surface area contributed by atoms with Gasteiger partial charge in [-0.1, -0.05) is 10.2 Å². The molecule has 0 aromatic carbocycles. The van der Waals surface area contributed by atoms with Crippen LogP contribution in [-0.4, -0.2) is 55.8 Å². The van der Waals surface area contributed by atoms with Gasteiger partial charge in [-0.15, -0.1) is 0 Å². The summed E-state index contributed by atoms with van der Waals surface area (Å²) in [5, 5.41) is 11.2. The summed E-state index contributed by atoms with van der Waals surface area (Å²) in [4.78, 5) is 34.6. The molecule has 1 aliphatic heterocycles. The maximum atomic E-state index is 11.1. The Kier molecular flexibility index (Phi) is 5.55. The van der Waals surface area contributed by atoms with E-state index in [1.54, 1.807) is 11.8 Å². The highest BCUT2D eigenvalue weighted by Gasteiger charge is 2.18. The van der Waals surface area contributed by atoms with Crippen LogP contribution in [0.1, 0.15) is 6.92 Å². The normalized spacial score (nSPS) is 14.7. The molecule has 1 saturated heterocycles. The van der Waals surface area contributed by atoms with E-state index in [2.05, 4.69) is 25.6 Å². The smallest absolute Gasteiger partial charge is 0.447 e. The Hall–Kier alpha value is -2.19. The third-order valence-corrected chi connectivity index (χ3v) is 2.09. The van der Waals surface area contributed by atoms with Crippen molar-refractivity contribution in [3.8, 4) is 0 Å². The van der Waals surface area contributed by atoms with Crippen molar-refractivity contribution in [3.05, 3.63) is 0 Å². The van der Waals surface area contributed by atoms with Crippen molar-refractivity contribution in [2.45, 2.75) is 6.92 Å². The van der Waals surface area contributed by atoms with Crippen LogP contribution in [0.3, 0.4) is 0 Å². The molecule has 0 aromatic rings. The number of hydrogen-bond donors (Lipinski definition) is 2. The van der Waals surface area contributed by atoms with E-state index in [1.165, 1.54) is 0 Å². The fraction of sp³-hybridized carbons (Fsp3) is 0.667. The molecular formula is C9H15N5O4. The number of hydrogen-bond acceptors (Lipinski definition) is 4. The molecule has 9 heteroatoms. The lowest BCUT2D eigenvalue weighted by molar-refractivity contribution is 0.161. The molecule has 1 fully saturated rings. The molecule has 0 saturated carbocycles. The summed E-state index contributed by atoms with van der Waals surface area (Å²) in [6.45, 7) is 3.63. The minimum absolute atomic E-state index is 0.155. The Morgan fingerprint density at radius 1 is 1.50 bits per heavy atom. The molecule has 0 unspecified atom stereocenters. The van der Waals surface area contributed by atoms with Crippen molar-refractivity contribution < 1.29 is 19.1 Å². The topological polar surface area (TPSA) is 112 Å². The molecule has 1 heterocycles. The van der Waals surface area contributed by atoms with E-state index >= 15 is 0 Å². The molecule has 0 radical (unpaired) electrons. The number of ether oxygens (including phenoxy) is 1. The quantitative estimate of drug-likeness (QED) is 0.706. The van der Waals surface area contributed by atoms with Gasteiger partial charge in [0.05, 0.1) is 6.61 Å². The van der Waals surface area contributed by atoms with E-state index in [9.17, 15) is 14.4 Å². The average molecular weight is 257 g/mol. The Morgan fingerprint density at radius 3 is 2.89 bits per heavy atom. The van der Waals surface area contributed by atoms with Gasteiger partial charge in [-0.2, -0.15) is 0 Å². The second-order valence-electron chi connectivity index (χ2n) is 3.35. The third-order valence-electron chi connectivity index (χ3n) is 2.09. The zero-order valence-corrected chi connectivity index (χ0v) is 10.0. The molecule has 0 aromatic heterocycles. The molecule has 18 heavy (non-hydrogen) atoms. The van der Waals surface area contributed by atoms with Crippen molar-refractivity contribution in [1.29, 1.82) is 0 Å². The van der Waals surface area contributed by atoms with Gasteiger partial charge < -0.3 is 20.3 Å². The van der Waals surface area contributed by atoms with Crippen LogP contribution in [0.15, 0.2) is 10.2 Å². The summed E-state index contributed by atoms with van der Waals surface area (Å²) < 4.78 is 4.45. The number of carbonyl (C=O) groups excluding carboxylic acids is 3. The first-order valence-electron chi connectivity index (χ1n) is 5.52. The van der Waals surface area contributed by atoms with E-state index in [4.69, 9.17) is 0 Å². The highest BCUT2D eigenvalue weighted by atomic mass is 16.5. The highest BCUT2D eigenvalue weighted by molar-refractivity contribution is 5.78. The van der Waals surface area contributed by atoms with Crippen LogP contribution in [0.25, 0.3) is 0 Å². The predicted octanol–water partition coefficient (Wildman–Crippen LogP) is 0.330. The molecule has 1 aliphatic rings. The largest absolute Gasteiger partial charge is 0.452 e. The van der Waals surface area contributed by atoms with E-state index in [0.29, 0.717) is 19.6 Å². The molecule has 100 valence electrons. The predicted molar refractivity (Wildman–Crippen MR) is 60.2 cm³/mol. The molecule has 1 rings (SSSR count). The zero-order valence-electron chi connectivity index (χ0n) is 10.0. The molecule has 0 bridgehead atoms. The van der Waals surface area contributed by atoms with Crippen LogP contribution < -0.4 is 10.6 Å². The van der Waals surface area contributed by atoms with Gasteiger partial charge in [-0.25, -0.2) is 14.4 Å². The summed E-state index contributed by atoms with van der Waals surface area (Å²) in [5.41, 5.74) is 0. The SMILES string of the molecule is CCOC(=O)N=NC(=O)NCCN1CCNC1=O. The molecule has 5 amide bonds. The number of nitrogens with zero attached hydrogens (tertiary/aromatic N) is 3. The Bertz CT molecular complexity index is 357. The Balaban J connectivity index is 2.17. The summed E-state index contributed by atoms with van der Waals surface area (Å²) >= 11 is 0. The average Bonchev–Trinajstić information content (AvgIpc) is 2.73. The standard InChI is InChI=1S/C9H15N5O4/c1-2-18-9(17)13-12-7(15)10-3-5-14-6-4-11-8(14)16/h2-6H2,1H3,(H,10,15)(H,11,16). The van der Waals surface area contributed by atoms with E-state index in [1.807, 2.05) is 0 Å². The summed E-state index contributed by atoms with van der Waals surface area (Å²) in [6, 6.07) is -0.903.